The first-order valence-corrected chi connectivity index (χ1v) is 12.1. The van der Waals surface area contributed by atoms with Gasteiger partial charge in [-0.2, -0.15) is 0 Å². The molecule has 2 aliphatic rings. The number of carbonyl (C=O) groups is 1. The third kappa shape index (κ3) is 3.38. The molecule has 0 radical (unpaired) electrons. The van der Waals surface area contributed by atoms with Crippen LogP contribution >= 0.6 is 11.8 Å². The quantitative estimate of drug-likeness (QED) is 0.555. The normalized spacial score (nSPS) is 20.5. The van der Waals surface area contributed by atoms with E-state index in [2.05, 4.69) is 70.4 Å². The number of benzene rings is 3. The first kappa shape index (κ1) is 18.5. The van der Waals surface area contributed by atoms with Gasteiger partial charge < -0.3 is 0 Å². The van der Waals surface area contributed by atoms with Crippen molar-refractivity contribution < 1.29 is 4.79 Å². The van der Waals surface area contributed by atoms with Crippen molar-refractivity contribution in [3.63, 3.8) is 0 Å². The van der Waals surface area contributed by atoms with Gasteiger partial charge in [0.2, 0.25) is 0 Å². The zero-order chi connectivity index (χ0) is 19.8. The molecule has 4 nitrogen and oxygen atoms in total. The summed E-state index contributed by atoms with van der Waals surface area (Å²) in [4.78, 5) is 22.0. The van der Waals surface area contributed by atoms with Crippen molar-refractivity contribution in [3.8, 4) is 0 Å². The third-order valence-electron chi connectivity index (χ3n) is 5.04. The zero-order valence-electron chi connectivity index (χ0n) is 15.8. The maximum absolute atomic E-state index is 13.0. The molecule has 0 saturated carbocycles. The first-order chi connectivity index (χ1) is 14.2. The SMILES string of the molecule is CN1c2ccccc2[Se]C1C1SC(N(c2ccccc2)c2ccccc2)=NC1=O. The standard InChI is InChI=1S/C23H19N3OSSe/c1-25-18-14-8-9-15-19(18)29-22(25)20-21(27)24-23(28-20)26(16-10-4-2-5-11-16)17-12-6-3-7-13-17/h2-15,20,22H,1H3. The Labute approximate surface area is 180 Å². The molecule has 0 N–H and O–H groups in total. The van der Waals surface area contributed by atoms with Crippen LogP contribution in [0, 0.1) is 0 Å². The van der Waals surface area contributed by atoms with Gasteiger partial charge in [0.05, 0.1) is 0 Å². The molecule has 29 heavy (non-hydrogen) atoms. The Morgan fingerprint density at radius 1 is 0.897 bits per heavy atom. The molecular formula is C23H19N3OSSe. The molecule has 3 aromatic rings. The van der Waals surface area contributed by atoms with E-state index < -0.39 is 0 Å². The molecule has 0 bridgehead atoms. The van der Waals surface area contributed by atoms with Crippen LogP contribution in [0.2, 0.25) is 0 Å². The van der Waals surface area contributed by atoms with Crippen molar-refractivity contribution in [2.45, 2.75) is 10.2 Å². The molecule has 2 unspecified atom stereocenters. The summed E-state index contributed by atoms with van der Waals surface area (Å²) in [7, 11) is 2.09. The number of fused-ring (bicyclic) bond motifs is 1. The zero-order valence-corrected chi connectivity index (χ0v) is 18.3. The third-order valence-corrected chi connectivity index (χ3v) is 9.62. The second kappa shape index (κ2) is 7.71. The van der Waals surface area contributed by atoms with Crippen molar-refractivity contribution in [1.82, 2.24) is 0 Å². The van der Waals surface area contributed by atoms with E-state index >= 15 is 0 Å². The van der Waals surface area contributed by atoms with Gasteiger partial charge in [-0.05, 0) is 0 Å². The molecule has 0 aliphatic carbocycles. The number of nitrogens with zero attached hydrogens (tertiary/aromatic N) is 3. The number of rotatable bonds is 3. The number of hydrogen-bond acceptors (Lipinski definition) is 4. The van der Waals surface area contributed by atoms with E-state index in [1.54, 1.807) is 11.8 Å². The van der Waals surface area contributed by atoms with Crippen LogP contribution in [-0.2, 0) is 4.79 Å². The summed E-state index contributed by atoms with van der Waals surface area (Å²) < 4.78 is 1.36. The maximum atomic E-state index is 13.0. The van der Waals surface area contributed by atoms with Crippen molar-refractivity contribution >= 4 is 59.3 Å². The molecule has 1 amide bonds. The summed E-state index contributed by atoms with van der Waals surface area (Å²) in [6.45, 7) is 0. The topological polar surface area (TPSA) is 35.9 Å². The molecule has 0 saturated heterocycles. The number of thioether (sulfide) groups is 1. The second-order valence-corrected chi connectivity index (χ2v) is 10.4. The molecule has 0 fully saturated rings. The molecule has 144 valence electrons. The van der Waals surface area contributed by atoms with Crippen LogP contribution in [0.4, 0.5) is 17.1 Å². The Bertz CT molecular complexity index is 1030. The van der Waals surface area contributed by atoms with Gasteiger partial charge in [-0.25, -0.2) is 0 Å². The van der Waals surface area contributed by atoms with Gasteiger partial charge in [-0.15, -0.1) is 0 Å². The van der Waals surface area contributed by atoms with E-state index in [0.717, 1.165) is 16.5 Å². The van der Waals surface area contributed by atoms with Gasteiger partial charge >= 0.3 is 181 Å². The predicted octanol–water partition coefficient (Wildman–Crippen LogP) is 3.63. The summed E-state index contributed by atoms with van der Waals surface area (Å²) in [5.41, 5.74) is 3.25. The molecule has 2 atom stereocenters. The Hall–Kier alpha value is -2.53. The van der Waals surface area contributed by atoms with Gasteiger partial charge in [-0.1, -0.05) is 0 Å². The van der Waals surface area contributed by atoms with Gasteiger partial charge in [0.1, 0.15) is 0 Å². The molecule has 0 spiro atoms. The molecular weight excluding hydrogens is 445 g/mol. The van der Waals surface area contributed by atoms with Crippen LogP contribution in [-0.4, -0.2) is 43.3 Å². The number of anilines is 3. The summed E-state index contributed by atoms with van der Waals surface area (Å²) in [5, 5.41) is 0.565. The minimum atomic E-state index is -0.183. The number of carbonyl (C=O) groups excluding carboxylic acids is 1. The van der Waals surface area contributed by atoms with Crippen LogP contribution in [0.15, 0.2) is 89.9 Å². The molecule has 2 aliphatic heterocycles. The van der Waals surface area contributed by atoms with Crippen molar-refractivity contribution in [1.29, 1.82) is 0 Å². The number of para-hydroxylation sites is 3. The summed E-state index contributed by atoms with van der Waals surface area (Å²) in [6.07, 6.45) is 0. The van der Waals surface area contributed by atoms with Crippen LogP contribution in [0.25, 0.3) is 0 Å². The summed E-state index contributed by atoms with van der Waals surface area (Å²) >= 11 is 1.80. The van der Waals surface area contributed by atoms with Crippen molar-refractivity contribution in [2.75, 3.05) is 16.8 Å². The predicted molar refractivity (Wildman–Crippen MR) is 123 cm³/mol. The van der Waals surface area contributed by atoms with Gasteiger partial charge in [-0.3, -0.25) is 0 Å². The van der Waals surface area contributed by atoms with E-state index in [-0.39, 0.29) is 31.1 Å². The fraction of sp³-hybridized carbons (Fsp3) is 0.130. The van der Waals surface area contributed by atoms with Crippen LogP contribution in [0.1, 0.15) is 0 Å². The molecule has 0 aromatic heterocycles. The van der Waals surface area contributed by atoms with E-state index in [1.807, 2.05) is 36.4 Å². The van der Waals surface area contributed by atoms with E-state index in [9.17, 15) is 4.79 Å². The molecule has 5 rings (SSSR count). The number of hydrogen-bond donors (Lipinski definition) is 0. The van der Waals surface area contributed by atoms with Crippen LogP contribution in [0.5, 0.6) is 0 Å². The summed E-state index contributed by atoms with van der Waals surface area (Å²) in [6, 6.07) is 28.7. The fourth-order valence-electron chi connectivity index (χ4n) is 3.61. The molecule has 2 heterocycles. The first-order valence-electron chi connectivity index (χ1n) is 9.40. The van der Waals surface area contributed by atoms with Crippen molar-refractivity contribution in [2.24, 2.45) is 4.99 Å². The Morgan fingerprint density at radius 2 is 1.48 bits per heavy atom. The van der Waals surface area contributed by atoms with E-state index in [1.165, 1.54) is 10.1 Å². The van der Waals surface area contributed by atoms with E-state index in [4.69, 9.17) is 0 Å². The average Bonchev–Trinajstić information content (AvgIpc) is 3.30. The Balaban J connectivity index is 1.46. The molecule has 6 heteroatoms. The van der Waals surface area contributed by atoms with Crippen LogP contribution in [0.3, 0.4) is 0 Å². The second-order valence-electron chi connectivity index (χ2n) is 6.86. The minimum absolute atomic E-state index is 0.0339. The van der Waals surface area contributed by atoms with Crippen LogP contribution < -0.4 is 14.3 Å². The monoisotopic (exact) mass is 465 g/mol. The average molecular weight is 464 g/mol. The van der Waals surface area contributed by atoms with Crippen molar-refractivity contribution in [3.05, 3.63) is 84.9 Å². The molecule has 3 aromatic carbocycles. The summed E-state index contributed by atoms with van der Waals surface area (Å²) in [5.74, 6) is -0.0339. The number of amides is 1. The Kier molecular flexibility index (Phi) is 4.92. The number of amidine groups is 1. The van der Waals surface area contributed by atoms with E-state index in [0.29, 0.717) is 0 Å². The fourth-order valence-corrected chi connectivity index (χ4v) is 8.04. The van der Waals surface area contributed by atoms with Gasteiger partial charge in [0.25, 0.3) is 0 Å². The Morgan fingerprint density at radius 3 is 2.10 bits per heavy atom. The van der Waals surface area contributed by atoms with Gasteiger partial charge in [0, 0.05) is 0 Å². The number of aliphatic imine (C=N–C) groups is 1. The van der Waals surface area contributed by atoms with Gasteiger partial charge in [0.15, 0.2) is 0 Å².